The van der Waals surface area contributed by atoms with Crippen molar-refractivity contribution in [1.82, 2.24) is 9.80 Å². The van der Waals surface area contributed by atoms with E-state index in [9.17, 15) is 9.59 Å². The Balaban J connectivity index is 1.71. The number of amides is 3. The maximum Gasteiger partial charge on any atom is 0.319 e. The molecule has 1 unspecified atom stereocenters. The summed E-state index contributed by atoms with van der Waals surface area (Å²) < 4.78 is 0. The second-order valence-corrected chi connectivity index (χ2v) is 7.84. The zero-order valence-corrected chi connectivity index (χ0v) is 15.4. The van der Waals surface area contributed by atoms with Gasteiger partial charge in [-0.15, -0.1) is 11.8 Å². The number of hydrogen-bond donors (Lipinski definition) is 0. The molecule has 3 amide bonds. The average molecular weight is 347 g/mol. The molecule has 0 aromatic heterocycles. The molecule has 24 heavy (non-hydrogen) atoms. The Hall–Kier alpha value is -1.69. The van der Waals surface area contributed by atoms with Crippen molar-refractivity contribution in [3.63, 3.8) is 0 Å². The van der Waals surface area contributed by atoms with Gasteiger partial charge >= 0.3 is 6.03 Å². The lowest BCUT2D eigenvalue weighted by Crippen LogP contribution is -2.50. The lowest BCUT2D eigenvalue weighted by molar-refractivity contribution is -0.124. The fraction of sp³-hybridized carbons (Fsp3) is 0.556. The molecule has 0 saturated carbocycles. The number of urea groups is 1. The number of nitrogens with zero attached hydrogens (tertiary/aromatic N) is 3. The van der Waals surface area contributed by atoms with Crippen LogP contribution in [0.15, 0.2) is 29.2 Å². The molecule has 0 radical (unpaired) electrons. The number of para-hydroxylation sites is 1. The minimum atomic E-state index is 0.00909. The molecule has 1 atom stereocenters. The van der Waals surface area contributed by atoms with Crippen molar-refractivity contribution in [3.8, 4) is 0 Å². The van der Waals surface area contributed by atoms with Gasteiger partial charge in [0.05, 0.1) is 5.69 Å². The molecule has 2 aliphatic rings. The first-order valence-electron chi connectivity index (χ1n) is 8.50. The second kappa shape index (κ2) is 7.05. The van der Waals surface area contributed by atoms with E-state index in [4.69, 9.17) is 0 Å². The zero-order valence-electron chi connectivity index (χ0n) is 14.6. The Labute approximate surface area is 148 Å². The Morgan fingerprint density at radius 1 is 1.17 bits per heavy atom. The van der Waals surface area contributed by atoms with Gasteiger partial charge in [-0.05, 0) is 31.9 Å². The van der Waals surface area contributed by atoms with Crippen LogP contribution in [0.2, 0.25) is 0 Å². The second-order valence-electron chi connectivity index (χ2n) is 6.77. The molecule has 1 fully saturated rings. The molecule has 2 aliphatic heterocycles. The molecular formula is C18H25N3O2S. The smallest absolute Gasteiger partial charge is 0.319 e. The summed E-state index contributed by atoms with van der Waals surface area (Å²) in [6, 6.07) is 8.39. The number of likely N-dealkylation sites (tertiary alicyclic amines) is 1. The number of fused-ring (bicyclic) bond motifs is 1. The molecule has 1 aromatic carbocycles. The van der Waals surface area contributed by atoms with Crippen LogP contribution in [0, 0.1) is 5.92 Å². The standard InChI is InChI=1S/C18H25N3O2S/c1-13-12-24-16-7-5-4-6-15(16)21(13)17(22)14-8-10-20(11-9-14)18(23)19(2)3/h4-7,13-14H,8-12H2,1-3H3. The van der Waals surface area contributed by atoms with Crippen LogP contribution < -0.4 is 4.90 Å². The minimum Gasteiger partial charge on any atom is -0.331 e. The fourth-order valence-corrected chi connectivity index (χ4v) is 4.49. The largest absolute Gasteiger partial charge is 0.331 e. The molecular weight excluding hydrogens is 322 g/mol. The molecule has 5 nitrogen and oxygen atoms in total. The molecule has 130 valence electrons. The van der Waals surface area contributed by atoms with Crippen molar-refractivity contribution in [2.24, 2.45) is 5.92 Å². The molecule has 0 spiro atoms. The molecule has 2 heterocycles. The Kier molecular flexibility index (Phi) is 5.04. The summed E-state index contributed by atoms with van der Waals surface area (Å²) in [5.41, 5.74) is 1.04. The van der Waals surface area contributed by atoms with E-state index in [1.165, 1.54) is 4.90 Å². The number of carbonyl (C=O) groups excluding carboxylic acids is 2. The number of piperidine rings is 1. The summed E-state index contributed by atoms with van der Waals surface area (Å²) in [7, 11) is 3.53. The molecule has 3 rings (SSSR count). The van der Waals surface area contributed by atoms with E-state index in [2.05, 4.69) is 13.0 Å². The van der Waals surface area contributed by atoms with Crippen molar-refractivity contribution < 1.29 is 9.59 Å². The van der Waals surface area contributed by atoms with E-state index in [1.807, 2.05) is 39.8 Å². The topological polar surface area (TPSA) is 43.9 Å². The number of hydrogen-bond acceptors (Lipinski definition) is 3. The third kappa shape index (κ3) is 3.24. The van der Waals surface area contributed by atoms with Crippen LogP contribution in [0.5, 0.6) is 0 Å². The van der Waals surface area contributed by atoms with E-state index in [0.717, 1.165) is 24.3 Å². The maximum atomic E-state index is 13.1. The molecule has 6 heteroatoms. The molecule has 1 saturated heterocycles. The Morgan fingerprint density at radius 2 is 1.83 bits per heavy atom. The van der Waals surface area contributed by atoms with Crippen LogP contribution in [-0.4, -0.2) is 60.7 Å². The normalized spacial score (nSPS) is 21.4. The van der Waals surface area contributed by atoms with Crippen molar-refractivity contribution in [2.45, 2.75) is 30.7 Å². The first-order chi connectivity index (χ1) is 11.5. The van der Waals surface area contributed by atoms with E-state index >= 15 is 0 Å². The summed E-state index contributed by atoms with van der Waals surface area (Å²) in [5.74, 6) is 1.16. The van der Waals surface area contributed by atoms with Gasteiger partial charge in [-0.2, -0.15) is 0 Å². The Bertz CT molecular complexity index is 626. The van der Waals surface area contributed by atoms with Gasteiger partial charge in [-0.3, -0.25) is 4.79 Å². The number of benzene rings is 1. The summed E-state index contributed by atoms with van der Waals surface area (Å²) in [6.45, 7) is 3.43. The van der Waals surface area contributed by atoms with Crippen LogP contribution in [0.1, 0.15) is 19.8 Å². The van der Waals surface area contributed by atoms with Crippen molar-refractivity contribution in [3.05, 3.63) is 24.3 Å². The zero-order chi connectivity index (χ0) is 17.3. The van der Waals surface area contributed by atoms with Crippen molar-refractivity contribution >= 4 is 29.4 Å². The van der Waals surface area contributed by atoms with Gasteiger partial charge in [0.1, 0.15) is 0 Å². The van der Waals surface area contributed by atoms with Gasteiger partial charge in [0.25, 0.3) is 0 Å². The van der Waals surface area contributed by atoms with Gasteiger partial charge in [0.2, 0.25) is 5.91 Å². The van der Waals surface area contributed by atoms with E-state index in [1.54, 1.807) is 19.0 Å². The summed E-state index contributed by atoms with van der Waals surface area (Å²) in [6.07, 6.45) is 1.49. The van der Waals surface area contributed by atoms with Crippen molar-refractivity contribution in [1.29, 1.82) is 0 Å². The highest BCUT2D eigenvalue weighted by Gasteiger charge is 2.35. The van der Waals surface area contributed by atoms with Gasteiger partial charge in [0.15, 0.2) is 0 Å². The summed E-state index contributed by atoms with van der Waals surface area (Å²) in [5, 5.41) is 0. The van der Waals surface area contributed by atoms with Gasteiger partial charge < -0.3 is 14.7 Å². The van der Waals surface area contributed by atoms with Gasteiger partial charge in [-0.25, -0.2) is 4.79 Å². The lowest BCUT2D eigenvalue weighted by Gasteiger charge is -2.39. The molecule has 0 aliphatic carbocycles. The fourth-order valence-electron chi connectivity index (χ4n) is 3.43. The first kappa shape index (κ1) is 17.1. The van der Waals surface area contributed by atoms with Gasteiger partial charge in [-0.1, -0.05) is 12.1 Å². The highest BCUT2D eigenvalue weighted by atomic mass is 32.2. The van der Waals surface area contributed by atoms with E-state index < -0.39 is 0 Å². The number of anilines is 1. The monoisotopic (exact) mass is 347 g/mol. The molecule has 0 bridgehead atoms. The summed E-state index contributed by atoms with van der Waals surface area (Å²) >= 11 is 1.82. The van der Waals surface area contributed by atoms with Crippen molar-refractivity contribution in [2.75, 3.05) is 37.8 Å². The predicted octanol–water partition coefficient (Wildman–Crippen LogP) is 2.91. The number of rotatable bonds is 1. The van der Waals surface area contributed by atoms with Crippen LogP contribution in [0.4, 0.5) is 10.5 Å². The third-order valence-corrected chi connectivity index (χ3v) is 6.09. The SMILES string of the molecule is CC1CSc2ccccc2N1C(=O)C1CCN(C(=O)N(C)C)CC1. The van der Waals surface area contributed by atoms with Crippen LogP contribution in [-0.2, 0) is 4.79 Å². The number of thioether (sulfide) groups is 1. The highest BCUT2D eigenvalue weighted by Crippen LogP contribution is 2.38. The minimum absolute atomic E-state index is 0.00909. The van der Waals surface area contributed by atoms with Crippen LogP contribution >= 0.6 is 11.8 Å². The number of carbonyl (C=O) groups is 2. The summed E-state index contributed by atoms with van der Waals surface area (Å²) in [4.78, 5) is 31.8. The van der Waals surface area contributed by atoms with Gasteiger partial charge in [0, 0.05) is 49.8 Å². The van der Waals surface area contributed by atoms with Crippen LogP contribution in [0.25, 0.3) is 0 Å². The predicted molar refractivity (Wildman–Crippen MR) is 97.5 cm³/mol. The lowest BCUT2D eigenvalue weighted by atomic mass is 9.94. The Morgan fingerprint density at radius 3 is 2.50 bits per heavy atom. The highest BCUT2D eigenvalue weighted by molar-refractivity contribution is 7.99. The average Bonchev–Trinajstić information content (AvgIpc) is 2.60. The van der Waals surface area contributed by atoms with Crippen LogP contribution in [0.3, 0.4) is 0 Å². The quantitative estimate of drug-likeness (QED) is 0.785. The molecule has 1 aromatic rings. The first-order valence-corrected chi connectivity index (χ1v) is 9.48. The van der Waals surface area contributed by atoms with E-state index in [0.29, 0.717) is 13.1 Å². The third-order valence-electron chi connectivity index (χ3n) is 4.78. The molecule has 0 N–H and O–H groups in total. The maximum absolute atomic E-state index is 13.1. The van der Waals surface area contributed by atoms with E-state index in [-0.39, 0.29) is 23.9 Å².